The van der Waals surface area contributed by atoms with Gasteiger partial charge in [-0.15, -0.1) is 0 Å². The second-order valence-corrected chi connectivity index (χ2v) is 5.29. The summed E-state index contributed by atoms with van der Waals surface area (Å²) in [5, 5.41) is 9.47. The molecular weight excluding hydrogens is 240 g/mol. The third kappa shape index (κ3) is 4.04. The molecule has 0 aromatic heterocycles. The highest BCUT2D eigenvalue weighted by Crippen LogP contribution is 2.19. The first kappa shape index (κ1) is 15.7. The van der Waals surface area contributed by atoms with Crippen LogP contribution in [0.2, 0.25) is 0 Å². The van der Waals surface area contributed by atoms with Crippen LogP contribution in [0.4, 0.5) is 0 Å². The Kier molecular flexibility index (Phi) is 5.51. The first-order valence-electron chi connectivity index (χ1n) is 6.59. The fraction of sp³-hybridized carbons (Fsp3) is 0.533. The molecule has 19 heavy (non-hydrogen) atoms. The van der Waals surface area contributed by atoms with Crippen LogP contribution in [0.5, 0.6) is 0 Å². The van der Waals surface area contributed by atoms with E-state index in [0.29, 0.717) is 12.5 Å². The molecular formula is C15H24N2O2. The molecule has 0 aliphatic heterocycles. The van der Waals surface area contributed by atoms with Crippen LogP contribution in [0.15, 0.2) is 18.2 Å². The lowest BCUT2D eigenvalue weighted by Gasteiger charge is -2.21. The molecule has 4 nitrogen and oxygen atoms in total. The number of hydrogen-bond donors (Lipinski definition) is 2. The lowest BCUT2D eigenvalue weighted by molar-refractivity contribution is -0.138. The minimum atomic E-state index is -1.11. The summed E-state index contributed by atoms with van der Waals surface area (Å²) in [5.41, 5.74) is 8.80. The van der Waals surface area contributed by atoms with Crippen LogP contribution in [-0.4, -0.2) is 35.6 Å². The van der Waals surface area contributed by atoms with Crippen molar-refractivity contribution >= 4 is 5.91 Å². The molecule has 1 aromatic rings. The number of aliphatic hydroxyl groups excluding tert-OH is 1. The normalized spacial score (nSPS) is 12.6. The van der Waals surface area contributed by atoms with Crippen LogP contribution in [0, 0.1) is 6.92 Å². The maximum Gasteiger partial charge on any atom is 0.252 e. The molecule has 0 aliphatic carbocycles. The second kappa shape index (κ2) is 6.68. The van der Waals surface area contributed by atoms with Crippen molar-refractivity contribution in [3.8, 4) is 0 Å². The first-order chi connectivity index (χ1) is 8.86. The van der Waals surface area contributed by atoms with E-state index in [-0.39, 0.29) is 12.5 Å². The molecule has 0 aliphatic rings. The number of aryl methyl sites for hydroxylation is 1. The summed E-state index contributed by atoms with van der Waals surface area (Å²) >= 11 is 0. The van der Waals surface area contributed by atoms with E-state index in [4.69, 9.17) is 5.73 Å². The van der Waals surface area contributed by atoms with Crippen LogP contribution in [0.25, 0.3) is 0 Å². The van der Waals surface area contributed by atoms with Crippen molar-refractivity contribution in [1.29, 1.82) is 0 Å². The van der Waals surface area contributed by atoms with Gasteiger partial charge in [0.05, 0.1) is 0 Å². The number of carbonyl (C=O) groups is 1. The zero-order valence-corrected chi connectivity index (χ0v) is 12.2. The fourth-order valence-corrected chi connectivity index (χ4v) is 1.91. The lowest BCUT2D eigenvalue weighted by Crippen LogP contribution is -2.40. The van der Waals surface area contributed by atoms with Crippen LogP contribution >= 0.6 is 0 Å². The summed E-state index contributed by atoms with van der Waals surface area (Å²) in [6.45, 7) is 6.75. The number of nitrogens with two attached hydrogens (primary N) is 1. The molecule has 3 N–H and O–H groups in total. The zero-order chi connectivity index (χ0) is 14.6. The zero-order valence-electron chi connectivity index (χ0n) is 12.2. The minimum Gasteiger partial charge on any atom is -0.382 e. The van der Waals surface area contributed by atoms with Crippen LogP contribution in [-0.2, 0) is 11.3 Å². The van der Waals surface area contributed by atoms with Gasteiger partial charge < -0.3 is 15.7 Å². The van der Waals surface area contributed by atoms with Gasteiger partial charge in [0.15, 0.2) is 0 Å². The smallest absolute Gasteiger partial charge is 0.252 e. The number of amides is 1. The van der Waals surface area contributed by atoms with Gasteiger partial charge >= 0.3 is 0 Å². The van der Waals surface area contributed by atoms with E-state index in [0.717, 1.165) is 11.1 Å². The lowest BCUT2D eigenvalue weighted by atomic mass is 9.97. The van der Waals surface area contributed by atoms with Crippen LogP contribution < -0.4 is 5.73 Å². The Labute approximate surface area is 115 Å². The molecule has 0 bridgehead atoms. The van der Waals surface area contributed by atoms with E-state index >= 15 is 0 Å². The number of hydrogen-bond acceptors (Lipinski definition) is 3. The second-order valence-electron chi connectivity index (χ2n) is 5.29. The largest absolute Gasteiger partial charge is 0.382 e. The Morgan fingerprint density at radius 3 is 2.58 bits per heavy atom. The maximum atomic E-state index is 11.8. The van der Waals surface area contributed by atoms with Gasteiger partial charge in [-0.25, -0.2) is 0 Å². The number of likely N-dealkylation sites (N-methyl/N-ethyl adjacent to an activating group) is 1. The van der Waals surface area contributed by atoms with Gasteiger partial charge in [-0.3, -0.25) is 4.79 Å². The summed E-state index contributed by atoms with van der Waals surface area (Å²) in [6.07, 6.45) is -1.11. The predicted octanol–water partition coefficient (Wildman–Crippen LogP) is 1.40. The number of benzene rings is 1. The van der Waals surface area contributed by atoms with Crippen molar-refractivity contribution in [2.24, 2.45) is 5.73 Å². The molecule has 1 unspecified atom stereocenters. The molecule has 0 heterocycles. The molecule has 1 aromatic carbocycles. The van der Waals surface area contributed by atoms with E-state index in [1.807, 2.05) is 6.92 Å². The van der Waals surface area contributed by atoms with Crippen molar-refractivity contribution in [2.45, 2.75) is 39.3 Å². The average molecular weight is 264 g/mol. The summed E-state index contributed by atoms with van der Waals surface area (Å²) < 4.78 is 0. The Hall–Kier alpha value is -1.39. The van der Waals surface area contributed by atoms with Gasteiger partial charge in [0, 0.05) is 20.1 Å². The third-order valence-electron chi connectivity index (χ3n) is 3.33. The van der Waals surface area contributed by atoms with Crippen LogP contribution in [0.1, 0.15) is 36.5 Å². The van der Waals surface area contributed by atoms with Gasteiger partial charge in [-0.2, -0.15) is 0 Å². The number of rotatable bonds is 5. The molecule has 4 heteroatoms. The summed E-state index contributed by atoms with van der Waals surface area (Å²) in [4.78, 5) is 13.3. The molecule has 0 radical (unpaired) electrons. The SMILES string of the molecule is Cc1ccc(C(C)C)cc1CN(C)C(=O)C(O)CN. The Bertz CT molecular complexity index is 444. The molecule has 0 spiro atoms. The molecule has 0 saturated heterocycles. The third-order valence-corrected chi connectivity index (χ3v) is 3.33. The van der Waals surface area contributed by atoms with Crippen molar-refractivity contribution in [3.05, 3.63) is 34.9 Å². The van der Waals surface area contributed by atoms with Gasteiger partial charge in [-0.1, -0.05) is 32.0 Å². The predicted molar refractivity (Wildman–Crippen MR) is 76.8 cm³/mol. The number of aliphatic hydroxyl groups is 1. The standard InChI is InChI=1S/C15H24N2O2/c1-10(2)12-6-5-11(3)13(7-12)9-17(4)15(19)14(18)8-16/h5-7,10,14,18H,8-9,16H2,1-4H3. The molecule has 1 rings (SSSR count). The number of nitrogens with zero attached hydrogens (tertiary/aromatic N) is 1. The Morgan fingerprint density at radius 2 is 2.05 bits per heavy atom. The van der Waals surface area contributed by atoms with E-state index < -0.39 is 6.10 Å². The topological polar surface area (TPSA) is 66.6 Å². The minimum absolute atomic E-state index is 0.0474. The van der Waals surface area contributed by atoms with Gasteiger partial charge in [0.25, 0.3) is 5.91 Å². The van der Waals surface area contributed by atoms with E-state index in [1.54, 1.807) is 7.05 Å². The highest BCUT2D eigenvalue weighted by Gasteiger charge is 2.18. The van der Waals surface area contributed by atoms with Gasteiger partial charge in [-0.05, 0) is 29.5 Å². The number of carbonyl (C=O) groups excluding carboxylic acids is 1. The van der Waals surface area contributed by atoms with E-state index in [1.165, 1.54) is 10.5 Å². The molecule has 1 amide bonds. The monoisotopic (exact) mass is 264 g/mol. The first-order valence-corrected chi connectivity index (χ1v) is 6.59. The Morgan fingerprint density at radius 1 is 1.42 bits per heavy atom. The average Bonchev–Trinajstić information content (AvgIpc) is 2.38. The van der Waals surface area contributed by atoms with E-state index in [2.05, 4.69) is 32.0 Å². The fourth-order valence-electron chi connectivity index (χ4n) is 1.91. The summed E-state index contributed by atoms with van der Waals surface area (Å²) in [7, 11) is 1.68. The van der Waals surface area contributed by atoms with Gasteiger partial charge in [0.2, 0.25) is 0 Å². The van der Waals surface area contributed by atoms with Gasteiger partial charge in [0.1, 0.15) is 6.10 Å². The molecule has 106 valence electrons. The maximum absolute atomic E-state index is 11.8. The quantitative estimate of drug-likeness (QED) is 0.844. The Balaban J connectivity index is 2.87. The summed E-state index contributed by atoms with van der Waals surface area (Å²) in [6, 6.07) is 6.31. The van der Waals surface area contributed by atoms with Crippen molar-refractivity contribution < 1.29 is 9.90 Å². The molecule has 0 fully saturated rings. The molecule has 1 atom stereocenters. The van der Waals surface area contributed by atoms with E-state index in [9.17, 15) is 9.90 Å². The van der Waals surface area contributed by atoms with Crippen molar-refractivity contribution in [3.63, 3.8) is 0 Å². The van der Waals surface area contributed by atoms with Crippen LogP contribution in [0.3, 0.4) is 0 Å². The van der Waals surface area contributed by atoms with Crippen molar-refractivity contribution in [1.82, 2.24) is 4.90 Å². The summed E-state index contributed by atoms with van der Waals surface area (Å²) in [5.74, 6) is 0.117. The highest BCUT2D eigenvalue weighted by molar-refractivity contribution is 5.80. The highest BCUT2D eigenvalue weighted by atomic mass is 16.3. The molecule has 0 saturated carbocycles. The van der Waals surface area contributed by atoms with Crippen molar-refractivity contribution in [2.75, 3.05) is 13.6 Å².